The lowest BCUT2D eigenvalue weighted by atomic mass is 10.2. The molecule has 0 saturated carbocycles. The summed E-state index contributed by atoms with van der Waals surface area (Å²) in [5.41, 5.74) is -1.23. The van der Waals surface area contributed by atoms with E-state index in [0.29, 0.717) is 5.69 Å². The van der Waals surface area contributed by atoms with Gasteiger partial charge in [-0.25, -0.2) is 13.6 Å². The van der Waals surface area contributed by atoms with E-state index in [4.69, 9.17) is 21.5 Å². The van der Waals surface area contributed by atoms with E-state index in [2.05, 4.69) is 5.32 Å². The number of nitrogens with one attached hydrogen (secondary N) is 1. The van der Waals surface area contributed by atoms with Crippen molar-refractivity contribution in [2.24, 2.45) is 0 Å². The molecular weight excluding hydrogens is 375 g/mol. The maximum Gasteiger partial charge on any atom is 0.490 e. The van der Waals surface area contributed by atoms with Crippen LogP contribution in [0.15, 0.2) is 18.2 Å². The number of carbonyl (C=O) groups excluding carboxylic acids is 1. The number of carbonyl (C=O) groups is 2. The second kappa shape index (κ2) is 8.84. The van der Waals surface area contributed by atoms with Crippen LogP contribution in [0.4, 0.5) is 33.3 Å². The summed E-state index contributed by atoms with van der Waals surface area (Å²) in [7, 11) is 0. The standard InChI is InChI=1S/C12H13ClF2N2O.C2HF3O2/c13-11(15)12(18)16-9-5-8(14)6-10(7-9)17-3-1-2-4-17;3-2(4,5)1(6)7/h5-7,11H,1-4H2,(H,16,18);(H,6,7). The normalized spacial score (nSPS) is 15.2. The topological polar surface area (TPSA) is 69.6 Å². The van der Waals surface area contributed by atoms with E-state index in [1.54, 1.807) is 6.07 Å². The molecule has 0 radical (unpaired) electrons. The Morgan fingerprint density at radius 3 is 2.16 bits per heavy atom. The van der Waals surface area contributed by atoms with E-state index in [1.165, 1.54) is 6.07 Å². The predicted molar refractivity (Wildman–Crippen MR) is 80.9 cm³/mol. The molecule has 1 unspecified atom stereocenters. The van der Waals surface area contributed by atoms with Crippen molar-refractivity contribution < 1.29 is 36.6 Å². The van der Waals surface area contributed by atoms with Gasteiger partial charge in [-0.15, -0.1) is 0 Å². The number of anilines is 2. The van der Waals surface area contributed by atoms with Gasteiger partial charge in [-0.1, -0.05) is 11.6 Å². The van der Waals surface area contributed by atoms with Crippen LogP contribution in [0.25, 0.3) is 0 Å². The Hall–Kier alpha value is -2.10. The summed E-state index contributed by atoms with van der Waals surface area (Å²) in [6.45, 7) is 1.72. The van der Waals surface area contributed by atoms with Crippen molar-refractivity contribution >= 4 is 34.9 Å². The van der Waals surface area contributed by atoms with Crippen molar-refractivity contribution in [3.63, 3.8) is 0 Å². The predicted octanol–water partition coefficient (Wildman–Crippen LogP) is 3.53. The fourth-order valence-corrected chi connectivity index (χ4v) is 2.06. The molecule has 1 heterocycles. The molecule has 1 fully saturated rings. The number of nitrogens with zero attached hydrogens (tertiary/aromatic N) is 1. The minimum atomic E-state index is -5.08. The summed E-state index contributed by atoms with van der Waals surface area (Å²) >= 11 is 5.00. The van der Waals surface area contributed by atoms with Gasteiger partial charge in [0.1, 0.15) is 5.82 Å². The van der Waals surface area contributed by atoms with Crippen LogP contribution >= 0.6 is 11.6 Å². The second-order valence-corrected chi connectivity index (χ2v) is 5.37. The van der Waals surface area contributed by atoms with Gasteiger partial charge in [-0.2, -0.15) is 13.2 Å². The Kier molecular flexibility index (Phi) is 7.40. The monoisotopic (exact) mass is 388 g/mol. The zero-order valence-corrected chi connectivity index (χ0v) is 13.4. The van der Waals surface area contributed by atoms with Crippen LogP contribution in [0.2, 0.25) is 0 Å². The maximum atomic E-state index is 13.4. The fourth-order valence-electron chi connectivity index (χ4n) is 2.00. The highest BCUT2D eigenvalue weighted by Gasteiger charge is 2.38. The van der Waals surface area contributed by atoms with Gasteiger partial charge >= 0.3 is 12.1 Å². The first kappa shape index (κ1) is 20.9. The fraction of sp³-hybridized carbons (Fsp3) is 0.429. The van der Waals surface area contributed by atoms with Crippen molar-refractivity contribution in [3.05, 3.63) is 24.0 Å². The molecule has 1 amide bonds. The van der Waals surface area contributed by atoms with Crippen molar-refractivity contribution in [2.75, 3.05) is 23.3 Å². The third-order valence-corrected chi connectivity index (χ3v) is 3.26. The summed E-state index contributed by atoms with van der Waals surface area (Å²) in [6, 6.07) is 4.15. The average Bonchev–Trinajstić information content (AvgIpc) is 3.00. The van der Waals surface area contributed by atoms with E-state index >= 15 is 0 Å². The van der Waals surface area contributed by atoms with E-state index < -0.39 is 29.5 Å². The summed E-state index contributed by atoms with van der Waals surface area (Å²) in [5.74, 6) is -4.22. The molecule has 1 aromatic rings. The smallest absolute Gasteiger partial charge is 0.475 e. The molecule has 140 valence electrons. The minimum absolute atomic E-state index is 0.213. The van der Waals surface area contributed by atoms with Crippen LogP contribution in [0.5, 0.6) is 0 Å². The molecule has 11 heteroatoms. The van der Waals surface area contributed by atoms with E-state index in [9.17, 15) is 26.7 Å². The third-order valence-electron chi connectivity index (χ3n) is 3.06. The van der Waals surface area contributed by atoms with Gasteiger partial charge in [0.25, 0.3) is 11.5 Å². The average molecular weight is 389 g/mol. The number of aliphatic carboxylic acids is 1. The van der Waals surface area contributed by atoms with Gasteiger partial charge < -0.3 is 15.3 Å². The van der Waals surface area contributed by atoms with Gasteiger partial charge in [0.05, 0.1) is 0 Å². The molecule has 1 aliphatic rings. The number of hydrogen-bond donors (Lipinski definition) is 2. The molecular formula is C14H14ClF5N2O3. The lowest BCUT2D eigenvalue weighted by molar-refractivity contribution is -0.192. The summed E-state index contributed by atoms with van der Waals surface area (Å²) in [6.07, 6.45) is -2.96. The molecule has 0 aliphatic carbocycles. The first-order chi connectivity index (χ1) is 11.5. The largest absolute Gasteiger partial charge is 0.490 e. The van der Waals surface area contributed by atoms with Crippen LogP contribution in [0, 0.1) is 5.82 Å². The van der Waals surface area contributed by atoms with Crippen LogP contribution < -0.4 is 10.2 Å². The van der Waals surface area contributed by atoms with E-state index in [1.807, 2.05) is 4.90 Å². The lowest BCUT2D eigenvalue weighted by Gasteiger charge is -2.18. The highest BCUT2D eigenvalue weighted by atomic mass is 35.5. The lowest BCUT2D eigenvalue weighted by Crippen LogP contribution is -2.21. The molecule has 25 heavy (non-hydrogen) atoms. The number of halogens is 6. The highest BCUT2D eigenvalue weighted by molar-refractivity contribution is 6.31. The summed E-state index contributed by atoms with van der Waals surface area (Å²) in [5, 5.41) is 9.36. The maximum absolute atomic E-state index is 13.4. The molecule has 1 atom stereocenters. The quantitative estimate of drug-likeness (QED) is 0.614. The number of rotatable bonds is 3. The van der Waals surface area contributed by atoms with Gasteiger partial charge in [0.15, 0.2) is 0 Å². The molecule has 1 saturated heterocycles. The molecule has 0 bridgehead atoms. The third kappa shape index (κ3) is 7.12. The summed E-state index contributed by atoms with van der Waals surface area (Å²) < 4.78 is 57.7. The highest BCUT2D eigenvalue weighted by Crippen LogP contribution is 2.25. The van der Waals surface area contributed by atoms with Crippen LogP contribution in [0.1, 0.15) is 12.8 Å². The molecule has 5 nitrogen and oxygen atoms in total. The number of hydrogen-bond acceptors (Lipinski definition) is 3. The SMILES string of the molecule is O=C(Nc1cc(F)cc(N2CCCC2)c1)C(F)Cl.O=C(O)C(F)(F)F. The van der Waals surface area contributed by atoms with Crippen LogP contribution in [-0.2, 0) is 9.59 Å². The molecule has 1 aromatic carbocycles. The Balaban J connectivity index is 0.000000381. The molecule has 2 rings (SSSR count). The Morgan fingerprint density at radius 2 is 1.72 bits per heavy atom. The number of alkyl halides is 5. The van der Waals surface area contributed by atoms with Gasteiger partial charge in [0, 0.05) is 24.5 Å². The minimum Gasteiger partial charge on any atom is -0.475 e. The van der Waals surface area contributed by atoms with E-state index in [0.717, 1.165) is 32.0 Å². The number of amides is 1. The number of carboxylic acid groups (broad SMARTS) is 1. The van der Waals surface area contributed by atoms with Crippen molar-refractivity contribution in [2.45, 2.75) is 24.6 Å². The first-order valence-corrected chi connectivity index (χ1v) is 7.39. The van der Waals surface area contributed by atoms with Gasteiger partial charge in [-0.3, -0.25) is 4.79 Å². The number of benzene rings is 1. The molecule has 0 aromatic heterocycles. The van der Waals surface area contributed by atoms with Crippen LogP contribution in [0.3, 0.4) is 0 Å². The molecule has 2 N–H and O–H groups in total. The zero-order chi connectivity index (χ0) is 19.2. The van der Waals surface area contributed by atoms with Crippen LogP contribution in [-0.4, -0.2) is 41.9 Å². The second-order valence-electron chi connectivity index (χ2n) is 4.99. The van der Waals surface area contributed by atoms with Gasteiger partial charge in [-0.05, 0) is 31.0 Å². The molecule has 0 spiro atoms. The summed E-state index contributed by atoms with van der Waals surface area (Å²) in [4.78, 5) is 22.0. The Labute approximate surface area is 144 Å². The van der Waals surface area contributed by atoms with Crippen molar-refractivity contribution in [1.29, 1.82) is 0 Å². The Bertz CT molecular complexity index is 619. The Morgan fingerprint density at radius 1 is 1.20 bits per heavy atom. The van der Waals surface area contributed by atoms with Crippen molar-refractivity contribution in [1.82, 2.24) is 0 Å². The van der Waals surface area contributed by atoms with Crippen molar-refractivity contribution in [3.8, 4) is 0 Å². The number of carboxylic acids is 1. The zero-order valence-electron chi connectivity index (χ0n) is 12.6. The van der Waals surface area contributed by atoms with E-state index in [-0.39, 0.29) is 5.69 Å². The molecule has 1 aliphatic heterocycles. The van der Waals surface area contributed by atoms with Gasteiger partial charge in [0.2, 0.25) is 0 Å². The first-order valence-electron chi connectivity index (χ1n) is 6.95.